The second-order valence-corrected chi connectivity index (χ2v) is 11.0. The molecule has 0 saturated heterocycles. The highest BCUT2D eigenvalue weighted by Gasteiger charge is 2.21. The van der Waals surface area contributed by atoms with Crippen LogP contribution in [0.4, 0.5) is 0 Å². The number of esters is 1. The van der Waals surface area contributed by atoms with Crippen LogP contribution < -0.4 is 19.6 Å². The number of fused-ring (bicyclic) bond motifs is 1. The number of H-pyrrole nitrogens is 1. The number of nitrogens with zero attached hydrogens (tertiary/aromatic N) is 1. The fourth-order valence-corrected chi connectivity index (χ4v) is 5.37. The van der Waals surface area contributed by atoms with Crippen LogP contribution in [0.1, 0.15) is 51.4 Å². The molecule has 0 fully saturated rings. The minimum absolute atomic E-state index is 0.268. The number of carbonyl (C=O) groups excluding carboxylic acids is 2. The third-order valence-electron chi connectivity index (χ3n) is 6.86. The Morgan fingerprint density at radius 3 is 2.36 bits per heavy atom. The van der Waals surface area contributed by atoms with Crippen molar-refractivity contribution >= 4 is 44.9 Å². The zero-order chi connectivity index (χ0) is 31.2. The molecule has 0 saturated carbocycles. The number of aryl methyl sites for hydroxylation is 2. The molecule has 0 radical (unpaired) electrons. The van der Waals surface area contributed by atoms with Crippen LogP contribution in [0.3, 0.4) is 0 Å². The first-order chi connectivity index (χ1) is 21.3. The molecular formula is C35H32BrN3O5. The molecule has 0 aliphatic heterocycles. The van der Waals surface area contributed by atoms with Crippen molar-refractivity contribution in [1.82, 2.24) is 10.4 Å². The average Bonchev–Trinajstić information content (AvgIpc) is 3.40. The summed E-state index contributed by atoms with van der Waals surface area (Å²) in [4.78, 5) is 29.9. The molecule has 8 nitrogen and oxygen atoms in total. The number of hydrazone groups is 1. The number of rotatable bonds is 10. The summed E-state index contributed by atoms with van der Waals surface area (Å²) in [6, 6.07) is 24.0. The van der Waals surface area contributed by atoms with Gasteiger partial charge in [0.2, 0.25) is 0 Å². The molecule has 1 heterocycles. The van der Waals surface area contributed by atoms with Gasteiger partial charge in [0.15, 0.2) is 11.5 Å². The maximum absolute atomic E-state index is 13.5. The first-order valence-corrected chi connectivity index (χ1v) is 15.0. The minimum Gasteiger partial charge on any atom is -0.490 e. The molecule has 224 valence electrons. The highest BCUT2D eigenvalue weighted by molar-refractivity contribution is 9.10. The Morgan fingerprint density at radius 2 is 1.61 bits per heavy atom. The number of halogens is 1. The Kier molecular flexibility index (Phi) is 9.45. The van der Waals surface area contributed by atoms with Crippen LogP contribution in [0.2, 0.25) is 0 Å². The van der Waals surface area contributed by atoms with E-state index in [0.717, 1.165) is 37.6 Å². The van der Waals surface area contributed by atoms with Crippen molar-refractivity contribution in [2.75, 3.05) is 13.2 Å². The summed E-state index contributed by atoms with van der Waals surface area (Å²) in [7, 11) is 0. The van der Waals surface area contributed by atoms with Gasteiger partial charge in [0.1, 0.15) is 11.4 Å². The Balaban J connectivity index is 1.40. The molecule has 0 spiro atoms. The van der Waals surface area contributed by atoms with Crippen LogP contribution in [0.15, 0.2) is 88.4 Å². The van der Waals surface area contributed by atoms with Gasteiger partial charge in [-0.15, -0.1) is 0 Å². The first kappa shape index (κ1) is 30.6. The number of aromatic nitrogens is 1. The van der Waals surface area contributed by atoms with Crippen LogP contribution in [-0.4, -0.2) is 36.3 Å². The molecule has 44 heavy (non-hydrogen) atoms. The second-order valence-electron chi connectivity index (χ2n) is 10.0. The lowest BCUT2D eigenvalue weighted by Crippen LogP contribution is -2.19. The summed E-state index contributed by atoms with van der Waals surface area (Å²) < 4.78 is 17.7. The Morgan fingerprint density at radius 1 is 0.886 bits per heavy atom. The topological polar surface area (TPSA) is 102 Å². The van der Waals surface area contributed by atoms with Crippen molar-refractivity contribution in [1.29, 1.82) is 0 Å². The molecule has 5 aromatic rings. The summed E-state index contributed by atoms with van der Waals surface area (Å²) in [5.41, 5.74) is 8.58. The van der Waals surface area contributed by atoms with E-state index in [1.165, 1.54) is 6.21 Å². The predicted octanol–water partition coefficient (Wildman–Crippen LogP) is 7.99. The molecule has 9 heteroatoms. The van der Waals surface area contributed by atoms with E-state index in [1.54, 1.807) is 36.4 Å². The van der Waals surface area contributed by atoms with Gasteiger partial charge in [-0.3, -0.25) is 4.79 Å². The number of benzene rings is 4. The van der Waals surface area contributed by atoms with E-state index in [0.29, 0.717) is 41.5 Å². The van der Waals surface area contributed by atoms with Gasteiger partial charge in [-0.25, -0.2) is 10.2 Å². The number of nitrogens with one attached hydrogen (secondary N) is 2. The molecule has 1 amide bonds. The molecule has 1 aromatic heterocycles. The predicted molar refractivity (Wildman–Crippen MR) is 176 cm³/mol. The molecule has 0 aliphatic rings. The van der Waals surface area contributed by atoms with E-state index in [-0.39, 0.29) is 5.75 Å². The average molecular weight is 655 g/mol. The molecule has 2 N–H and O–H groups in total. The van der Waals surface area contributed by atoms with Crippen molar-refractivity contribution in [3.8, 4) is 28.4 Å². The molecule has 0 unspecified atom stereocenters. The van der Waals surface area contributed by atoms with E-state index in [1.807, 2.05) is 58.0 Å². The van der Waals surface area contributed by atoms with Crippen molar-refractivity contribution in [3.63, 3.8) is 0 Å². The van der Waals surface area contributed by atoms with Gasteiger partial charge in [-0.05, 0) is 81.3 Å². The lowest BCUT2D eigenvalue weighted by atomic mass is 9.99. The SMILES string of the molecule is CCOc1ccc(C(=O)Oc2ccc(Br)cc2C=NNC(=O)c2[nH]c3c(C)cc(C)cc3c2-c2ccccc2)cc1OCC. The normalized spacial score (nSPS) is 11.1. The standard InChI is InChI=1S/C35H32BrN3O5/c1-5-42-29-14-12-24(19-30(29)43-6-2)35(41)44-28-15-13-26(36)18-25(28)20-37-39-34(40)33-31(23-10-8-7-9-11-23)27-17-21(3)16-22(4)32(27)38-33/h7-20,38H,5-6H2,1-4H3,(H,39,40). The van der Waals surface area contributed by atoms with Crippen molar-refractivity contribution in [3.05, 3.63) is 111 Å². The maximum Gasteiger partial charge on any atom is 0.343 e. The number of amides is 1. The third kappa shape index (κ3) is 6.68. The second kappa shape index (κ2) is 13.6. The number of carbonyl (C=O) groups is 2. The van der Waals surface area contributed by atoms with Crippen LogP contribution in [0, 0.1) is 13.8 Å². The Labute approximate surface area is 264 Å². The van der Waals surface area contributed by atoms with Crippen molar-refractivity contribution in [2.24, 2.45) is 5.10 Å². The molecule has 0 atom stereocenters. The van der Waals surface area contributed by atoms with Gasteiger partial charge in [-0.1, -0.05) is 57.9 Å². The smallest absolute Gasteiger partial charge is 0.343 e. The van der Waals surface area contributed by atoms with E-state index in [4.69, 9.17) is 14.2 Å². The van der Waals surface area contributed by atoms with Crippen LogP contribution in [0.5, 0.6) is 17.2 Å². The highest BCUT2D eigenvalue weighted by Crippen LogP contribution is 2.35. The summed E-state index contributed by atoms with van der Waals surface area (Å²) in [5.74, 6) is 0.297. The fraction of sp³-hybridized carbons (Fsp3) is 0.171. The summed E-state index contributed by atoms with van der Waals surface area (Å²) >= 11 is 3.46. The van der Waals surface area contributed by atoms with E-state index >= 15 is 0 Å². The van der Waals surface area contributed by atoms with Crippen LogP contribution >= 0.6 is 15.9 Å². The lowest BCUT2D eigenvalue weighted by Gasteiger charge is -2.13. The van der Waals surface area contributed by atoms with E-state index in [9.17, 15) is 9.59 Å². The molecule has 4 aromatic carbocycles. The number of hydrogen-bond donors (Lipinski definition) is 2. The number of ether oxygens (including phenoxy) is 3. The minimum atomic E-state index is -0.578. The van der Waals surface area contributed by atoms with Gasteiger partial charge in [0.25, 0.3) is 5.91 Å². The molecule has 0 aliphatic carbocycles. The van der Waals surface area contributed by atoms with E-state index < -0.39 is 11.9 Å². The first-order valence-electron chi connectivity index (χ1n) is 14.2. The quantitative estimate of drug-likeness (QED) is 0.0688. The van der Waals surface area contributed by atoms with E-state index in [2.05, 4.69) is 43.6 Å². The largest absolute Gasteiger partial charge is 0.490 e. The van der Waals surface area contributed by atoms with Crippen LogP contribution in [0.25, 0.3) is 22.0 Å². The maximum atomic E-state index is 13.5. The molecular weight excluding hydrogens is 622 g/mol. The number of hydrogen-bond acceptors (Lipinski definition) is 6. The Hall–Kier alpha value is -4.89. The molecule has 5 rings (SSSR count). The van der Waals surface area contributed by atoms with Gasteiger partial charge in [-0.2, -0.15) is 5.10 Å². The summed E-state index contributed by atoms with van der Waals surface area (Å²) in [6.07, 6.45) is 1.44. The van der Waals surface area contributed by atoms with Crippen molar-refractivity contribution < 1.29 is 23.8 Å². The monoisotopic (exact) mass is 653 g/mol. The lowest BCUT2D eigenvalue weighted by molar-refractivity contribution is 0.0733. The molecule has 0 bridgehead atoms. The zero-order valence-electron chi connectivity index (χ0n) is 24.9. The van der Waals surface area contributed by atoms with Gasteiger partial charge in [0, 0.05) is 26.5 Å². The van der Waals surface area contributed by atoms with Gasteiger partial charge < -0.3 is 19.2 Å². The number of aromatic amines is 1. The van der Waals surface area contributed by atoms with Crippen LogP contribution in [-0.2, 0) is 0 Å². The third-order valence-corrected chi connectivity index (χ3v) is 7.36. The summed E-state index contributed by atoms with van der Waals surface area (Å²) in [6.45, 7) is 8.67. The Bertz CT molecular complexity index is 1860. The van der Waals surface area contributed by atoms with Crippen molar-refractivity contribution in [2.45, 2.75) is 27.7 Å². The van der Waals surface area contributed by atoms with Gasteiger partial charge >= 0.3 is 5.97 Å². The zero-order valence-corrected chi connectivity index (χ0v) is 26.4. The summed E-state index contributed by atoms with van der Waals surface area (Å²) in [5, 5.41) is 5.19. The fourth-order valence-electron chi connectivity index (χ4n) is 4.99. The van der Waals surface area contributed by atoms with Gasteiger partial charge in [0.05, 0.1) is 25.0 Å². The highest BCUT2D eigenvalue weighted by atomic mass is 79.9.